The van der Waals surface area contributed by atoms with Gasteiger partial charge in [-0.05, 0) is 18.9 Å². The van der Waals surface area contributed by atoms with Crippen LogP contribution in [0.3, 0.4) is 0 Å². The van der Waals surface area contributed by atoms with Crippen LogP contribution in [0.1, 0.15) is 19.8 Å². The molecule has 0 aromatic rings. The molecule has 0 amide bonds. The highest BCUT2D eigenvalue weighted by atomic mass is 16.6. The molecular weight excluding hydrogens is 164 g/mol. The summed E-state index contributed by atoms with van der Waals surface area (Å²) in [6.07, 6.45) is 6.65. The van der Waals surface area contributed by atoms with Crippen molar-refractivity contribution in [2.75, 3.05) is 6.61 Å². The van der Waals surface area contributed by atoms with Gasteiger partial charge in [0, 0.05) is 12.5 Å². The van der Waals surface area contributed by atoms with Crippen LogP contribution in [0.2, 0.25) is 0 Å². The number of allylic oxidation sites excluding steroid dienone is 2. The molecule has 0 aromatic carbocycles. The second kappa shape index (κ2) is 2.29. The van der Waals surface area contributed by atoms with Crippen LogP contribution in [0.5, 0.6) is 0 Å². The summed E-state index contributed by atoms with van der Waals surface area (Å²) < 4.78 is 5.41. The molecule has 0 aliphatic carbocycles. The fraction of sp³-hybridized carbons (Fsp3) is 0.600. The average Bonchev–Trinajstić information content (AvgIpc) is 2.84. The maximum Gasteiger partial charge on any atom is 0.163 e. The molecule has 3 aliphatic rings. The van der Waals surface area contributed by atoms with E-state index < -0.39 is 0 Å². The van der Waals surface area contributed by atoms with Gasteiger partial charge in [-0.1, -0.05) is 12.2 Å². The molecule has 3 heterocycles. The van der Waals surface area contributed by atoms with Crippen LogP contribution < -0.4 is 10.6 Å². The molecule has 3 rings (SSSR count). The van der Waals surface area contributed by atoms with E-state index in [1.165, 1.54) is 11.4 Å². The molecule has 3 nitrogen and oxygen atoms in total. The van der Waals surface area contributed by atoms with Crippen molar-refractivity contribution in [2.24, 2.45) is 0 Å². The summed E-state index contributed by atoms with van der Waals surface area (Å²) in [5.41, 5.74) is 1.38. The Morgan fingerprint density at radius 2 is 2.46 bits per heavy atom. The maximum atomic E-state index is 5.41. The van der Waals surface area contributed by atoms with E-state index >= 15 is 0 Å². The first kappa shape index (κ1) is 7.44. The fourth-order valence-electron chi connectivity index (χ4n) is 1.97. The third-order valence-electron chi connectivity index (χ3n) is 2.92. The number of dihydropyridines is 1. The van der Waals surface area contributed by atoms with Crippen LogP contribution in [0.4, 0.5) is 0 Å². The van der Waals surface area contributed by atoms with E-state index in [0.29, 0.717) is 6.04 Å². The van der Waals surface area contributed by atoms with E-state index in [1.54, 1.807) is 0 Å². The zero-order valence-corrected chi connectivity index (χ0v) is 7.76. The average molecular weight is 178 g/mol. The lowest BCUT2D eigenvalue weighted by molar-refractivity contribution is 0.240. The molecule has 2 atom stereocenters. The number of hydrogen-bond donors (Lipinski definition) is 2. The molecule has 0 bridgehead atoms. The Bertz CT molecular complexity index is 302. The van der Waals surface area contributed by atoms with Gasteiger partial charge < -0.3 is 15.4 Å². The van der Waals surface area contributed by atoms with Crippen molar-refractivity contribution in [2.45, 2.75) is 31.5 Å². The molecule has 3 aliphatic heterocycles. The van der Waals surface area contributed by atoms with Gasteiger partial charge in [-0.2, -0.15) is 0 Å². The first-order valence-corrected chi connectivity index (χ1v) is 4.87. The van der Waals surface area contributed by atoms with Crippen LogP contribution in [-0.4, -0.2) is 18.4 Å². The third kappa shape index (κ3) is 1.15. The topological polar surface area (TPSA) is 36.6 Å². The number of ether oxygens (including phenoxy) is 1. The van der Waals surface area contributed by atoms with Crippen LogP contribution in [0, 0.1) is 0 Å². The Hall–Kier alpha value is -0.960. The van der Waals surface area contributed by atoms with Gasteiger partial charge in [0.25, 0.3) is 0 Å². The van der Waals surface area contributed by atoms with E-state index in [4.69, 9.17) is 4.74 Å². The van der Waals surface area contributed by atoms with Crippen molar-refractivity contribution in [1.29, 1.82) is 0 Å². The lowest BCUT2D eigenvalue weighted by Crippen LogP contribution is -2.45. The third-order valence-corrected chi connectivity index (χ3v) is 2.92. The first-order chi connectivity index (χ1) is 6.27. The predicted octanol–water partition coefficient (Wildman–Crippen LogP) is 0.856. The van der Waals surface area contributed by atoms with Crippen LogP contribution in [-0.2, 0) is 4.74 Å². The molecule has 13 heavy (non-hydrogen) atoms. The monoisotopic (exact) mass is 178 g/mol. The Labute approximate surface area is 77.8 Å². The molecule has 2 N–H and O–H groups in total. The smallest absolute Gasteiger partial charge is 0.163 e. The zero-order chi connectivity index (χ0) is 8.89. The maximum absolute atomic E-state index is 5.41. The minimum Gasteiger partial charge on any atom is -0.366 e. The molecular formula is C10H14N2O. The van der Waals surface area contributed by atoms with Gasteiger partial charge in [0.1, 0.15) is 5.82 Å². The van der Waals surface area contributed by atoms with Gasteiger partial charge in [0.2, 0.25) is 0 Å². The van der Waals surface area contributed by atoms with E-state index in [2.05, 4.69) is 29.7 Å². The summed E-state index contributed by atoms with van der Waals surface area (Å²) in [5.74, 6) is 1.18. The number of epoxide rings is 1. The highest BCUT2D eigenvalue weighted by Gasteiger charge is 2.47. The van der Waals surface area contributed by atoms with Gasteiger partial charge in [0.15, 0.2) is 5.72 Å². The summed E-state index contributed by atoms with van der Waals surface area (Å²) in [6.45, 7) is 3.01. The highest BCUT2D eigenvalue weighted by Crippen LogP contribution is 2.36. The Balaban J connectivity index is 1.87. The highest BCUT2D eigenvalue weighted by molar-refractivity contribution is 5.33. The van der Waals surface area contributed by atoms with Gasteiger partial charge in [-0.3, -0.25) is 0 Å². The Morgan fingerprint density at radius 3 is 3.23 bits per heavy atom. The first-order valence-electron chi connectivity index (χ1n) is 4.87. The minimum absolute atomic E-state index is 0.00324. The van der Waals surface area contributed by atoms with E-state index in [-0.39, 0.29) is 5.72 Å². The summed E-state index contributed by atoms with van der Waals surface area (Å²) >= 11 is 0. The van der Waals surface area contributed by atoms with Gasteiger partial charge in [-0.25, -0.2) is 0 Å². The normalized spacial score (nSPS) is 41.2. The largest absolute Gasteiger partial charge is 0.366 e. The summed E-state index contributed by atoms with van der Waals surface area (Å²) in [7, 11) is 0. The van der Waals surface area contributed by atoms with Crippen LogP contribution in [0.25, 0.3) is 0 Å². The minimum atomic E-state index is -0.00324. The molecule has 3 heteroatoms. The lowest BCUT2D eigenvalue weighted by atomic mass is 9.98. The quantitative estimate of drug-likeness (QED) is 0.540. The van der Waals surface area contributed by atoms with Crippen molar-refractivity contribution < 1.29 is 4.74 Å². The number of rotatable bonds is 0. The molecule has 1 spiro atoms. The van der Waals surface area contributed by atoms with Gasteiger partial charge in [0.05, 0.1) is 6.61 Å². The summed E-state index contributed by atoms with van der Waals surface area (Å²) in [6, 6.07) is 0.431. The SMILES string of the molecule is C[C@H]1C=CC2=C(N1)NC1(CC2)CO1. The fourth-order valence-corrected chi connectivity index (χ4v) is 1.97. The van der Waals surface area contributed by atoms with Crippen LogP contribution >= 0.6 is 0 Å². The molecule has 70 valence electrons. The van der Waals surface area contributed by atoms with Crippen LogP contribution in [0.15, 0.2) is 23.5 Å². The van der Waals surface area contributed by atoms with Gasteiger partial charge in [-0.15, -0.1) is 0 Å². The van der Waals surface area contributed by atoms with E-state index in [9.17, 15) is 0 Å². The van der Waals surface area contributed by atoms with Crippen molar-refractivity contribution >= 4 is 0 Å². The summed E-state index contributed by atoms with van der Waals surface area (Å²) in [4.78, 5) is 0. The Morgan fingerprint density at radius 1 is 1.62 bits per heavy atom. The second-order valence-corrected chi connectivity index (χ2v) is 4.10. The van der Waals surface area contributed by atoms with Crippen molar-refractivity contribution in [3.63, 3.8) is 0 Å². The molecule has 0 radical (unpaired) electrons. The second-order valence-electron chi connectivity index (χ2n) is 4.10. The van der Waals surface area contributed by atoms with Gasteiger partial charge >= 0.3 is 0 Å². The van der Waals surface area contributed by atoms with E-state index in [1.807, 2.05) is 0 Å². The molecule has 1 saturated heterocycles. The molecule has 0 aromatic heterocycles. The molecule has 0 saturated carbocycles. The van der Waals surface area contributed by atoms with E-state index in [0.717, 1.165) is 19.4 Å². The number of hydrogen-bond acceptors (Lipinski definition) is 3. The Kier molecular flexibility index (Phi) is 1.31. The molecule has 1 fully saturated rings. The summed E-state index contributed by atoms with van der Waals surface area (Å²) in [5, 5.41) is 6.85. The predicted molar refractivity (Wildman–Crippen MR) is 49.8 cm³/mol. The van der Waals surface area contributed by atoms with Crippen molar-refractivity contribution in [1.82, 2.24) is 10.6 Å². The number of nitrogens with one attached hydrogen (secondary N) is 2. The van der Waals surface area contributed by atoms with Crippen molar-refractivity contribution in [3.8, 4) is 0 Å². The van der Waals surface area contributed by atoms with Crippen molar-refractivity contribution in [3.05, 3.63) is 23.5 Å². The zero-order valence-electron chi connectivity index (χ0n) is 7.76. The molecule has 1 unspecified atom stereocenters. The standard InChI is InChI=1S/C10H14N2O/c1-7-2-3-8-4-5-10(6-13-10)12-9(8)11-7/h2-3,7,11-12H,4-6H2,1H3/t7-,10?/m0/s1. The lowest BCUT2D eigenvalue weighted by Gasteiger charge is -2.31.